The standard InChI is InChI=1S/2C14H11.C2H6Si.2ClH.Zr/c2*1-10-6-13-8-11-4-2-3-5-12(11)9-14(13)7-10;1-3-2;;;/h2*2-9H,1H3;1-2H3;2*1H;/q2*-1;;;;+4/p-2. The van der Waals surface area contributed by atoms with Crippen LogP contribution in [0, 0.1) is 13.8 Å². The molecule has 0 aliphatic carbocycles. The van der Waals surface area contributed by atoms with E-state index in [-0.39, 0.29) is 51.0 Å². The van der Waals surface area contributed by atoms with Crippen LogP contribution in [0.3, 0.4) is 0 Å². The molecule has 0 aliphatic heterocycles. The summed E-state index contributed by atoms with van der Waals surface area (Å²) in [6.45, 7) is 8.59. The molecule has 0 saturated carbocycles. The number of benzene rings is 4. The molecule has 0 atom stereocenters. The first-order valence-corrected chi connectivity index (χ1v) is 12.8. The molecule has 0 unspecified atom stereocenters. The van der Waals surface area contributed by atoms with E-state index in [9.17, 15) is 0 Å². The van der Waals surface area contributed by atoms with Crippen LogP contribution in [0.5, 0.6) is 0 Å². The third-order valence-electron chi connectivity index (χ3n) is 5.44. The summed E-state index contributed by atoms with van der Waals surface area (Å²) >= 11 is 0. The summed E-state index contributed by atoms with van der Waals surface area (Å²) in [6.07, 6.45) is 0. The van der Waals surface area contributed by atoms with Crippen molar-refractivity contribution in [1.82, 2.24) is 0 Å². The summed E-state index contributed by atoms with van der Waals surface area (Å²) < 4.78 is 0. The summed E-state index contributed by atoms with van der Waals surface area (Å²) in [6, 6.07) is 35.0. The van der Waals surface area contributed by atoms with Crippen molar-refractivity contribution in [2.24, 2.45) is 0 Å². The molecule has 0 saturated heterocycles. The minimum atomic E-state index is 0. The Bertz CT molecular complexity index is 1250. The van der Waals surface area contributed by atoms with E-state index in [0.717, 1.165) is 9.52 Å². The van der Waals surface area contributed by atoms with Crippen molar-refractivity contribution in [3.8, 4) is 0 Å². The first-order chi connectivity index (χ1) is 15.1. The third-order valence-corrected chi connectivity index (χ3v) is 5.44. The Morgan fingerprint density at radius 1 is 0.500 bits per heavy atom. The zero-order valence-corrected chi connectivity index (χ0v) is 25.0. The molecule has 0 aromatic heterocycles. The van der Waals surface area contributed by atoms with Crippen LogP contribution in [0.4, 0.5) is 0 Å². The maximum atomic E-state index is 2.26. The Labute approximate surface area is 237 Å². The van der Waals surface area contributed by atoms with E-state index >= 15 is 0 Å². The van der Waals surface area contributed by atoms with Gasteiger partial charge in [0.1, 0.15) is 0 Å². The molecule has 0 N–H and O–H groups in total. The number of fused-ring (bicyclic) bond motifs is 4. The maximum Gasteiger partial charge on any atom is 4.00 e. The zero-order valence-electron chi connectivity index (χ0n) is 20.0. The molecule has 6 aromatic rings. The van der Waals surface area contributed by atoms with E-state index in [1.807, 2.05) is 0 Å². The Morgan fingerprint density at radius 3 is 1.12 bits per heavy atom. The fourth-order valence-corrected chi connectivity index (χ4v) is 4.12. The molecule has 6 aromatic carbocycles. The van der Waals surface area contributed by atoms with Crippen LogP contribution in [-0.4, -0.2) is 9.52 Å². The fraction of sp³-hybridized carbons (Fsp3) is 0.133. The van der Waals surface area contributed by atoms with Crippen LogP contribution < -0.4 is 24.8 Å². The number of rotatable bonds is 0. The normalized spacial score (nSPS) is 9.76. The molecular formula is C30H28Cl2SiZr. The maximum absolute atomic E-state index is 2.26. The summed E-state index contributed by atoms with van der Waals surface area (Å²) in [4.78, 5) is 0. The van der Waals surface area contributed by atoms with Crippen molar-refractivity contribution in [1.29, 1.82) is 0 Å². The van der Waals surface area contributed by atoms with Crippen molar-refractivity contribution in [3.05, 3.63) is 108 Å². The van der Waals surface area contributed by atoms with Crippen molar-refractivity contribution in [2.45, 2.75) is 26.9 Å². The molecular weight excluding hydrogens is 551 g/mol. The van der Waals surface area contributed by atoms with Crippen LogP contribution in [0.1, 0.15) is 11.1 Å². The average Bonchev–Trinajstić information content (AvgIpc) is 3.30. The van der Waals surface area contributed by atoms with Gasteiger partial charge in [0.2, 0.25) is 0 Å². The predicted octanol–water partition coefficient (Wildman–Crippen LogP) is 2.83. The molecule has 6 rings (SSSR count). The Morgan fingerprint density at radius 2 is 0.794 bits per heavy atom. The van der Waals surface area contributed by atoms with Gasteiger partial charge in [-0.25, -0.2) is 0 Å². The number of hydrogen-bond donors (Lipinski definition) is 0. The number of halogens is 2. The second kappa shape index (κ2) is 14.0. The van der Waals surface area contributed by atoms with Crippen molar-refractivity contribution in [3.63, 3.8) is 0 Å². The van der Waals surface area contributed by atoms with Gasteiger partial charge in [-0.15, -0.1) is 56.9 Å². The summed E-state index contributed by atoms with van der Waals surface area (Å²) in [5.74, 6) is 0. The van der Waals surface area contributed by atoms with Gasteiger partial charge in [0.15, 0.2) is 0 Å². The molecule has 0 aliphatic rings. The molecule has 0 amide bonds. The van der Waals surface area contributed by atoms with Crippen molar-refractivity contribution in [2.75, 3.05) is 0 Å². The minimum absolute atomic E-state index is 0. The van der Waals surface area contributed by atoms with E-state index in [1.54, 1.807) is 0 Å². The molecule has 0 spiro atoms. The van der Waals surface area contributed by atoms with Gasteiger partial charge in [0.05, 0.1) is 0 Å². The van der Waals surface area contributed by atoms with Crippen molar-refractivity contribution >= 4 is 52.6 Å². The van der Waals surface area contributed by atoms with Gasteiger partial charge in [-0.3, -0.25) is 0 Å². The van der Waals surface area contributed by atoms with E-state index in [1.165, 1.54) is 54.2 Å². The van der Waals surface area contributed by atoms with Crippen LogP contribution in [-0.2, 0) is 26.2 Å². The molecule has 0 bridgehead atoms. The molecule has 34 heavy (non-hydrogen) atoms. The van der Waals surface area contributed by atoms with E-state index < -0.39 is 0 Å². The van der Waals surface area contributed by atoms with Crippen molar-refractivity contribution < 1.29 is 51.0 Å². The first kappa shape index (κ1) is 30.3. The summed E-state index contributed by atoms with van der Waals surface area (Å²) in [5.41, 5.74) is 2.69. The second-order valence-corrected chi connectivity index (χ2v) is 9.22. The number of hydrogen-bond acceptors (Lipinski definition) is 0. The van der Waals surface area contributed by atoms with Gasteiger partial charge in [0.25, 0.3) is 0 Å². The molecule has 0 nitrogen and oxygen atoms in total. The third kappa shape index (κ3) is 7.15. The van der Waals surface area contributed by atoms with Crippen LogP contribution in [0.15, 0.2) is 97.1 Å². The van der Waals surface area contributed by atoms with E-state index in [2.05, 4.69) is 124 Å². The van der Waals surface area contributed by atoms with Crippen LogP contribution in [0.25, 0.3) is 43.1 Å². The first-order valence-electron chi connectivity index (χ1n) is 10.8. The average molecular weight is 579 g/mol. The molecule has 2 radical (unpaired) electrons. The van der Waals surface area contributed by atoms with E-state index in [0.29, 0.717) is 0 Å². The molecule has 4 heteroatoms. The topological polar surface area (TPSA) is 0 Å². The smallest absolute Gasteiger partial charge is 1.00 e. The summed E-state index contributed by atoms with van der Waals surface area (Å²) in [5, 5.41) is 10.7. The Hall–Kier alpha value is -1.70. The zero-order chi connectivity index (χ0) is 21.8. The fourth-order valence-electron chi connectivity index (χ4n) is 4.12. The minimum Gasteiger partial charge on any atom is -1.00 e. The van der Waals surface area contributed by atoms with Gasteiger partial charge >= 0.3 is 26.2 Å². The predicted molar refractivity (Wildman–Crippen MR) is 141 cm³/mol. The van der Waals surface area contributed by atoms with Crippen LogP contribution >= 0.6 is 0 Å². The van der Waals surface area contributed by atoms with Crippen LogP contribution in [0.2, 0.25) is 13.1 Å². The summed E-state index contributed by atoms with van der Waals surface area (Å²) in [7, 11) is 1.08. The molecule has 0 heterocycles. The van der Waals surface area contributed by atoms with Gasteiger partial charge in [-0.05, 0) is 10.8 Å². The van der Waals surface area contributed by atoms with E-state index in [4.69, 9.17) is 0 Å². The second-order valence-electron chi connectivity index (χ2n) is 8.22. The van der Waals surface area contributed by atoms with Gasteiger partial charge in [-0.1, -0.05) is 98.4 Å². The van der Waals surface area contributed by atoms with Gasteiger partial charge in [-0.2, -0.15) is 12.1 Å². The monoisotopic (exact) mass is 576 g/mol. The molecule has 0 fully saturated rings. The van der Waals surface area contributed by atoms with Gasteiger partial charge < -0.3 is 24.8 Å². The Balaban J connectivity index is 0.000000283. The largest absolute Gasteiger partial charge is 4.00 e. The Kier molecular flexibility index (Phi) is 12.5. The number of aryl methyl sites for hydroxylation is 2. The quantitative estimate of drug-likeness (QED) is 0.192. The molecule has 170 valence electrons. The SMILES string of the molecule is C[Si]C.Cc1cc2cc3ccccc3cc2[cH-]1.Cc1cc2cc3ccccc3cc2[cH-]1.[Cl-].[Cl-].[Zr+4]. The van der Waals surface area contributed by atoms with Gasteiger partial charge in [0, 0.05) is 9.52 Å².